The molecule has 18 nitrogen and oxygen atoms in total. The van der Waals surface area contributed by atoms with Crippen molar-refractivity contribution in [1.29, 1.82) is 0 Å². The Morgan fingerprint density at radius 3 is 2.33 bits per heavy atom. The van der Waals surface area contributed by atoms with Crippen LogP contribution in [0.5, 0.6) is 0 Å². The zero-order valence-electron chi connectivity index (χ0n) is 40.9. The van der Waals surface area contributed by atoms with E-state index in [-0.39, 0.29) is 81.6 Å². The normalized spacial score (nSPS) is 20.2. The molecule has 0 spiro atoms. The lowest BCUT2D eigenvalue weighted by Gasteiger charge is -2.36. The van der Waals surface area contributed by atoms with Crippen LogP contribution in [-0.2, 0) is 40.0 Å². The Labute approximate surface area is 416 Å². The summed E-state index contributed by atoms with van der Waals surface area (Å²) in [5.74, 6) is -8.07. The number of nitrogens with zero attached hydrogens (tertiary/aromatic N) is 3. The van der Waals surface area contributed by atoms with E-state index in [0.717, 1.165) is 9.80 Å². The van der Waals surface area contributed by atoms with Gasteiger partial charge in [-0.15, -0.1) is 0 Å². The summed E-state index contributed by atoms with van der Waals surface area (Å²) < 4.78 is 40.7. The van der Waals surface area contributed by atoms with Gasteiger partial charge < -0.3 is 46.8 Å². The van der Waals surface area contributed by atoms with Gasteiger partial charge in [0.15, 0.2) is 5.78 Å². The lowest BCUT2D eigenvalue weighted by molar-refractivity contribution is -0.245. The number of pyridine rings is 1. The van der Waals surface area contributed by atoms with Gasteiger partial charge in [-0.25, -0.2) is 4.98 Å². The minimum absolute atomic E-state index is 0.0206. The quantitative estimate of drug-likeness (QED) is 0.120. The number of alkyl halides is 3. The van der Waals surface area contributed by atoms with E-state index < -0.39 is 101 Å². The topological polar surface area (TPSA) is 248 Å². The first kappa shape index (κ1) is 58.8. The van der Waals surface area contributed by atoms with E-state index in [1.165, 1.54) is 47.0 Å². The Bertz CT molecular complexity index is 2230. The molecule has 3 rings (SSSR count). The number of hydrogen-bond acceptors (Lipinski definition) is 11. The molecule has 1 saturated heterocycles. The predicted octanol–water partition coefficient (Wildman–Crippen LogP) is 3.96. The molecule has 0 aliphatic carbocycles. The van der Waals surface area contributed by atoms with Gasteiger partial charge in [0.05, 0.1) is 6.04 Å². The number of ketones is 1. The van der Waals surface area contributed by atoms with E-state index in [2.05, 4.69) is 31.6 Å². The van der Waals surface area contributed by atoms with Crippen LogP contribution < -0.4 is 31.9 Å². The molecule has 1 fully saturated rings. The van der Waals surface area contributed by atoms with Crippen molar-refractivity contribution < 1.29 is 56.6 Å². The lowest BCUT2D eigenvalue weighted by atomic mass is 9.91. The zero-order valence-corrected chi connectivity index (χ0v) is 42.5. The average Bonchev–Trinajstić information content (AvgIpc) is 3.29. The maximum Gasteiger partial charge on any atom is 0.426 e. The van der Waals surface area contributed by atoms with Crippen LogP contribution in [-0.4, -0.2) is 143 Å². The fraction of sp³-hybridized carbons (Fsp3) is 0.596. The Morgan fingerprint density at radius 2 is 1.71 bits per heavy atom. The minimum Gasteiger partial charge on any atom is -0.373 e. The van der Waals surface area contributed by atoms with Crippen molar-refractivity contribution in [2.24, 2.45) is 11.8 Å². The molecule has 388 valence electrons. The largest absolute Gasteiger partial charge is 0.426 e. The van der Waals surface area contributed by atoms with Crippen molar-refractivity contribution in [3.05, 3.63) is 57.7 Å². The summed E-state index contributed by atoms with van der Waals surface area (Å²) in [6.07, 6.45) is -6.12. The van der Waals surface area contributed by atoms with Crippen LogP contribution in [0.1, 0.15) is 103 Å². The number of hydrogen-bond donors (Lipinski definition) is 7. The predicted molar refractivity (Wildman–Crippen MR) is 256 cm³/mol. The monoisotopic (exact) mass is 1030 g/mol. The lowest BCUT2D eigenvalue weighted by Crippen LogP contribution is -2.62. The number of aliphatic hydroxyl groups is 1. The van der Waals surface area contributed by atoms with E-state index in [9.17, 15) is 56.6 Å². The number of anilines is 1. The molecule has 7 N–H and O–H groups in total. The van der Waals surface area contributed by atoms with Crippen molar-refractivity contribution >= 4 is 76.2 Å². The first-order valence-electron chi connectivity index (χ1n) is 23.0. The summed E-state index contributed by atoms with van der Waals surface area (Å²) in [5, 5.41) is 26.3. The number of aromatic nitrogens is 1. The third-order valence-electron chi connectivity index (χ3n) is 12.1. The fourth-order valence-corrected chi connectivity index (χ4v) is 8.03. The highest BCUT2D eigenvalue weighted by Crippen LogP contribution is 2.31. The van der Waals surface area contributed by atoms with Gasteiger partial charge >= 0.3 is 6.18 Å². The smallest absolute Gasteiger partial charge is 0.373 e. The van der Waals surface area contributed by atoms with Gasteiger partial charge in [-0.05, 0) is 101 Å². The maximum atomic E-state index is 14.7. The molecule has 0 radical (unpaired) electrons. The third kappa shape index (κ3) is 16.0. The van der Waals surface area contributed by atoms with Crippen molar-refractivity contribution in [2.45, 2.75) is 134 Å². The summed E-state index contributed by atoms with van der Waals surface area (Å²) in [6.45, 7) is 8.13. The van der Waals surface area contributed by atoms with Gasteiger partial charge in [0.25, 0.3) is 11.8 Å². The molecular formula is C47H66Cl2F3N9O9. The van der Waals surface area contributed by atoms with Crippen LogP contribution in [0, 0.1) is 11.8 Å². The number of likely N-dealkylation sites (N-methyl/N-ethyl adjacent to an activating group) is 2. The van der Waals surface area contributed by atoms with Crippen molar-refractivity contribution in [3.8, 4) is 0 Å². The summed E-state index contributed by atoms with van der Waals surface area (Å²) in [5.41, 5.74) is -4.88. The van der Waals surface area contributed by atoms with Crippen LogP contribution in [0.4, 0.5) is 19.0 Å². The Morgan fingerprint density at radius 1 is 1.04 bits per heavy atom. The highest BCUT2D eigenvalue weighted by molar-refractivity contribution is 6.33. The number of benzene rings is 1. The molecule has 70 heavy (non-hydrogen) atoms. The van der Waals surface area contributed by atoms with Gasteiger partial charge in [-0.1, -0.05) is 50.0 Å². The first-order valence-corrected chi connectivity index (χ1v) is 23.7. The van der Waals surface area contributed by atoms with Crippen molar-refractivity contribution in [1.82, 2.24) is 41.4 Å². The summed E-state index contributed by atoms with van der Waals surface area (Å²) >= 11 is 12.8. The molecule has 7 amide bonds. The molecule has 0 unspecified atom stereocenters. The Kier molecular flexibility index (Phi) is 21.4. The molecule has 0 bridgehead atoms. The molecule has 1 aliphatic rings. The Balaban J connectivity index is 2.07. The maximum absolute atomic E-state index is 14.7. The summed E-state index contributed by atoms with van der Waals surface area (Å²) in [4.78, 5) is 118. The van der Waals surface area contributed by atoms with E-state index in [1.54, 1.807) is 31.3 Å². The summed E-state index contributed by atoms with van der Waals surface area (Å²) in [6, 6.07) is 3.83. The van der Waals surface area contributed by atoms with Gasteiger partial charge in [0.1, 0.15) is 35.2 Å². The summed E-state index contributed by atoms with van der Waals surface area (Å²) in [7, 11) is 4.28. The van der Waals surface area contributed by atoms with Gasteiger partial charge in [-0.3, -0.25) is 38.4 Å². The Hall–Kier alpha value is -5.54. The minimum atomic E-state index is -5.39. The van der Waals surface area contributed by atoms with Crippen LogP contribution in [0.3, 0.4) is 0 Å². The highest BCUT2D eigenvalue weighted by atomic mass is 35.5. The van der Waals surface area contributed by atoms with Crippen molar-refractivity contribution in [3.63, 3.8) is 0 Å². The number of Topliss-reactive ketones (excluding diaryl/α,β-unsaturated/α-hetero) is 1. The van der Waals surface area contributed by atoms with Crippen LogP contribution in [0.25, 0.3) is 0 Å². The SMILES string of the molecule is CC[C@H](NC(=O)[C@@](C)(O)C(F)(F)F)C(=O)C[C@@H](CCNC(=O)c1cccc(NC)n1)C(=O)N(C)[C@H]1CCCCNC(=O)C(C)(C)NC(=O)[C@H](Cc2cc(Cl)ccc2Cl)N(C)C(=O)[C@H](CC(C)C)NC1=O. The second kappa shape index (κ2) is 25.5. The number of carbonyl (C=O) groups excluding carboxylic acids is 8. The first-order chi connectivity index (χ1) is 32.6. The number of rotatable bonds is 17. The number of carbonyl (C=O) groups is 8. The third-order valence-corrected chi connectivity index (χ3v) is 12.7. The molecule has 1 aromatic carbocycles. The molecule has 2 aromatic rings. The van der Waals surface area contributed by atoms with Crippen molar-refractivity contribution in [2.75, 3.05) is 39.5 Å². The van der Waals surface area contributed by atoms with Crippen LogP contribution in [0.15, 0.2) is 36.4 Å². The molecule has 1 aromatic heterocycles. The fourth-order valence-electron chi connectivity index (χ4n) is 7.64. The standard InChI is InChI=1S/C47H66Cl2F3N9O9/c1-10-31(58-44(69)46(6,70)47(50,51)52)36(62)25-27(19-21-54-38(63)32-14-13-16-37(53-7)56-32)41(66)60(8)34-15-11-12-20-55-43(68)45(4,5)59-40(65)35(24-28-23-29(48)17-18-30(28)49)61(9)42(67)33(22-26(2)3)57-39(34)64/h13-14,16-18,23,26-27,31,33-35,70H,10-12,15,19-22,24-25H2,1-9H3,(H,53,56)(H,54,63)(H,55,68)(H,57,64)(H,58,69)(H,59,65)/t27-,31+,33+,34+,35+,46-/m1/s1. The molecule has 0 saturated carbocycles. The molecule has 1 aliphatic heterocycles. The second-order valence-electron chi connectivity index (χ2n) is 18.5. The van der Waals surface area contributed by atoms with Gasteiger partial charge in [-0.2, -0.15) is 13.2 Å². The highest BCUT2D eigenvalue weighted by Gasteiger charge is 2.56. The van der Waals surface area contributed by atoms with Crippen LogP contribution >= 0.6 is 23.2 Å². The van der Waals surface area contributed by atoms with Gasteiger partial charge in [0, 0.05) is 63.0 Å². The molecule has 23 heteroatoms. The van der Waals surface area contributed by atoms with E-state index >= 15 is 0 Å². The molecule has 6 atom stereocenters. The van der Waals surface area contributed by atoms with Crippen LogP contribution in [0.2, 0.25) is 10.0 Å². The number of nitrogens with one attached hydrogen (secondary N) is 6. The van der Waals surface area contributed by atoms with Gasteiger partial charge in [0.2, 0.25) is 35.1 Å². The zero-order chi connectivity index (χ0) is 52.9. The second-order valence-corrected chi connectivity index (χ2v) is 19.3. The number of amides is 7. The van der Waals surface area contributed by atoms with E-state index in [4.69, 9.17) is 23.2 Å². The van der Waals surface area contributed by atoms with E-state index in [1.807, 2.05) is 19.2 Å². The molecule has 2 heterocycles. The van der Waals surface area contributed by atoms with E-state index in [0.29, 0.717) is 16.4 Å². The average molecular weight is 1030 g/mol. The molecular weight excluding hydrogens is 962 g/mol. The number of halogens is 5.